The van der Waals surface area contributed by atoms with Gasteiger partial charge in [0, 0.05) is 11.6 Å². The molecule has 0 aliphatic rings. The summed E-state index contributed by atoms with van der Waals surface area (Å²) in [5.74, 6) is -0.464. The first-order valence-electron chi connectivity index (χ1n) is 3.00. The molecule has 0 radical (unpaired) electrons. The zero-order valence-corrected chi connectivity index (χ0v) is 6.68. The zero-order valence-electron chi connectivity index (χ0n) is 5.93. The fourth-order valence-corrected chi connectivity index (χ4v) is 1.01. The van der Waals surface area contributed by atoms with E-state index in [-0.39, 0.29) is 16.5 Å². The quantitative estimate of drug-likeness (QED) is 0.318. The Kier molecular flexibility index (Phi) is 1.83. The van der Waals surface area contributed by atoms with Crippen LogP contribution in [0.5, 0.6) is 11.5 Å². The lowest BCUT2D eigenvalue weighted by Crippen LogP contribution is -1.90. The van der Waals surface area contributed by atoms with Crippen molar-refractivity contribution in [1.82, 2.24) is 0 Å². The minimum Gasteiger partial charge on any atom is -0.504 e. The van der Waals surface area contributed by atoms with Crippen LogP contribution in [-0.2, 0) is 0 Å². The molecule has 11 heavy (non-hydrogen) atoms. The fourth-order valence-electron chi connectivity index (χ4n) is 0.765. The standard InChI is InChI=1S/C7H8ClNO2/c1-3-6(9)4(8)2-5(10)7(3)11/h2,10-11H,9H2,1H3. The molecule has 0 fully saturated rings. The van der Waals surface area contributed by atoms with Crippen LogP contribution < -0.4 is 5.73 Å². The van der Waals surface area contributed by atoms with Crippen molar-refractivity contribution in [2.24, 2.45) is 0 Å². The average molecular weight is 174 g/mol. The Bertz CT molecular complexity index is 273. The molecule has 3 nitrogen and oxygen atoms in total. The molecule has 0 heterocycles. The van der Waals surface area contributed by atoms with Crippen LogP contribution >= 0.6 is 11.6 Å². The van der Waals surface area contributed by atoms with Crippen molar-refractivity contribution in [3.63, 3.8) is 0 Å². The first-order chi connectivity index (χ1) is 5.04. The van der Waals surface area contributed by atoms with Gasteiger partial charge < -0.3 is 15.9 Å². The summed E-state index contributed by atoms with van der Waals surface area (Å²) in [7, 11) is 0. The molecule has 0 saturated carbocycles. The van der Waals surface area contributed by atoms with Crippen molar-refractivity contribution in [2.75, 3.05) is 5.73 Å². The van der Waals surface area contributed by atoms with E-state index in [1.165, 1.54) is 6.07 Å². The molecule has 4 N–H and O–H groups in total. The van der Waals surface area contributed by atoms with E-state index >= 15 is 0 Å². The zero-order chi connectivity index (χ0) is 8.59. The molecule has 1 aromatic carbocycles. The molecule has 0 bridgehead atoms. The molecule has 0 aliphatic carbocycles. The average Bonchev–Trinajstić information content (AvgIpc) is 1.97. The van der Waals surface area contributed by atoms with Gasteiger partial charge in [0.2, 0.25) is 0 Å². The summed E-state index contributed by atoms with van der Waals surface area (Å²) >= 11 is 5.60. The molecule has 0 spiro atoms. The van der Waals surface area contributed by atoms with Crippen molar-refractivity contribution in [2.45, 2.75) is 6.92 Å². The molecule has 0 aliphatic heterocycles. The minimum absolute atomic E-state index is 0.216. The van der Waals surface area contributed by atoms with Crippen LogP contribution in [0.15, 0.2) is 6.07 Å². The van der Waals surface area contributed by atoms with Crippen molar-refractivity contribution >= 4 is 17.3 Å². The molecule has 60 valence electrons. The Balaban J connectivity index is 3.46. The van der Waals surface area contributed by atoms with Gasteiger partial charge in [0.1, 0.15) is 0 Å². The molecular formula is C7H8ClNO2. The number of halogens is 1. The van der Waals surface area contributed by atoms with Crippen molar-refractivity contribution in [1.29, 1.82) is 0 Å². The van der Waals surface area contributed by atoms with Crippen molar-refractivity contribution < 1.29 is 10.2 Å². The van der Waals surface area contributed by atoms with Gasteiger partial charge in [-0.3, -0.25) is 0 Å². The minimum atomic E-state index is -0.248. The van der Waals surface area contributed by atoms with E-state index in [0.29, 0.717) is 11.3 Å². The Morgan fingerprint density at radius 2 is 2.00 bits per heavy atom. The number of hydrogen-bond donors (Lipinski definition) is 3. The highest BCUT2D eigenvalue weighted by Crippen LogP contribution is 2.37. The van der Waals surface area contributed by atoms with Crippen LogP contribution in [0, 0.1) is 6.92 Å². The van der Waals surface area contributed by atoms with Gasteiger partial charge in [0.15, 0.2) is 11.5 Å². The SMILES string of the molecule is Cc1c(N)c(Cl)cc(O)c1O. The van der Waals surface area contributed by atoms with Gasteiger partial charge in [0.25, 0.3) is 0 Å². The third-order valence-electron chi connectivity index (χ3n) is 1.52. The normalized spacial score (nSPS) is 10.0. The molecule has 0 atom stereocenters. The number of nitrogen functional groups attached to an aromatic ring is 1. The Labute approximate surface area is 69.0 Å². The third-order valence-corrected chi connectivity index (χ3v) is 1.84. The molecule has 0 saturated heterocycles. The number of hydrogen-bond acceptors (Lipinski definition) is 3. The highest BCUT2D eigenvalue weighted by Gasteiger charge is 2.09. The third kappa shape index (κ3) is 1.19. The van der Waals surface area contributed by atoms with Crippen LogP contribution in [0.25, 0.3) is 0 Å². The second-order valence-corrected chi connectivity index (χ2v) is 2.67. The predicted molar refractivity (Wildman–Crippen MR) is 43.9 cm³/mol. The van der Waals surface area contributed by atoms with Gasteiger partial charge in [-0.05, 0) is 6.92 Å². The number of rotatable bonds is 0. The first kappa shape index (κ1) is 8.01. The van der Waals surface area contributed by atoms with Gasteiger partial charge in [-0.1, -0.05) is 11.6 Å². The van der Waals surface area contributed by atoms with Crippen LogP contribution in [0.3, 0.4) is 0 Å². The van der Waals surface area contributed by atoms with Gasteiger partial charge in [-0.25, -0.2) is 0 Å². The molecule has 0 aromatic heterocycles. The Morgan fingerprint density at radius 3 is 2.55 bits per heavy atom. The summed E-state index contributed by atoms with van der Waals surface area (Å²) in [6.45, 7) is 1.58. The molecular weight excluding hydrogens is 166 g/mol. The van der Waals surface area contributed by atoms with E-state index in [9.17, 15) is 0 Å². The maximum Gasteiger partial charge on any atom is 0.162 e. The second-order valence-electron chi connectivity index (χ2n) is 2.26. The Morgan fingerprint density at radius 1 is 1.45 bits per heavy atom. The van der Waals surface area contributed by atoms with Crippen LogP contribution in [-0.4, -0.2) is 10.2 Å². The lowest BCUT2D eigenvalue weighted by molar-refractivity contribution is 0.401. The van der Waals surface area contributed by atoms with Crippen LogP contribution in [0.1, 0.15) is 5.56 Å². The first-order valence-corrected chi connectivity index (χ1v) is 3.38. The topological polar surface area (TPSA) is 66.5 Å². The smallest absolute Gasteiger partial charge is 0.162 e. The fraction of sp³-hybridized carbons (Fsp3) is 0.143. The number of nitrogens with two attached hydrogens (primary N) is 1. The predicted octanol–water partition coefficient (Wildman–Crippen LogP) is 1.64. The molecule has 4 heteroatoms. The maximum atomic E-state index is 9.12. The summed E-state index contributed by atoms with van der Waals surface area (Å²) in [4.78, 5) is 0. The maximum absolute atomic E-state index is 9.12. The van der Waals surface area contributed by atoms with Gasteiger partial charge >= 0.3 is 0 Å². The highest BCUT2D eigenvalue weighted by molar-refractivity contribution is 6.33. The lowest BCUT2D eigenvalue weighted by atomic mass is 10.1. The van der Waals surface area contributed by atoms with E-state index in [2.05, 4.69) is 0 Å². The summed E-state index contributed by atoms with van der Waals surface area (Å²) in [5.41, 5.74) is 6.14. The summed E-state index contributed by atoms with van der Waals surface area (Å²) < 4.78 is 0. The largest absolute Gasteiger partial charge is 0.504 e. The van der Waals surface area contributed by atoms with Gasteiger partial charge in [-0.2, -0.15) is 0 Å². The number of phenolic OH excluding ortho intramolecular Hbond substituents is 2. The van der Waals surface area contributed by atoms with Crippen molar-refractivity contribution in [3.05, 3.63) is 16.7 Å². The van der Waals surface area contributed by atoms with Crippen LogP contribution in [0.2, 0.25) is 5.02 Å². The van der Waals surface area contributed by atoms with E-state index in [4.69, 9.17) is 27.5 Å². The van der Waals surface area contributed by atoms with Crippen molar-refractivity contribution in [3.8, 4) is 11.5 Å². The number of benzene rings is 1. The van der Waals surface area contributed by atoms with Crippen LogP contribution in [0.4, 0.5) is 5.69 Å². The highest BCUT2D eigenvalue weighted by atomic mass is 35.5. The van der Waals surface area contributed by atoms with E-state index < -0.39 is 0 Å². The molecule has 1 aromatic rings. The monoisotopic (exact) mass is 173 g/mol. The lowest BCUT2D eigenvalue weighted by Gasteiger charge is -2.06. The van der Waals surface area contributed by atoms with E-state index in [1.807, 2.05) is 0 Å². The number of phenols is 2. The summed E-state index contributed by atoms with van der Waals surface area (Å²) in [6.07, 6.45) is 0. The molecule has 1 rings (SSSR count). The summed E-state index contributed by atoms with van der Waals surface area (Å²) in [6, 6.07) is 1.21. The summed E-state index contributed by atoms with van der Waals surface area (Å²) in [5, 5.41) is 18.4. The number of aromatic hydroxyl groups is 2. The number of anilines is 1. The van der Waals surface area contributed by atoms with E-state index in [0.717, 1.165) is 0 Å². The Hall–Kier alpha value is -1.09. The second kappa shape index (κ2) is 2.51. The van der Waals surface area contributed by atoms with Gasteiger partial charge in [0.05, 0.1) is 10.7 Å². The molecule has 0 unspecified atom stereocenters. The van der Waals surface area contributed by atoms with E-state index in [1.54, 1.807) is 6.92 Å². The van der Waals surface area contributed by atoms with Gasteiger partial charge in [-0.15, -0.1) is 0 Å². The molecule has 0 amide bonds.